The number of para-hydroxylation sites is 1. The molecule has 0 aromatic heterocycles. The van der Waals surface area contributed by atoms with Crippen LogP contribution in [0.25, 0.3) is 0 Å². The van der Waals surface area contributed by atoms with Crippen molar-refractivity contribution in [2.45, 2.75) is 13.3 Å². The first-order chi connectivity index (χ1) is 14.5. The van der Waals surface area contributed by atoms with Crippen molar-refractivity contribution in [3.05, 3.63) is 85.0 Å². The Balaban J connectivity index is 1.66. The van der Waals surface area contributed by atoms with Gasteiger partial charge >= 0.3 is 0 Å². The number of amides is 3. The number of benzene rings is 2. The number of fused-ring (bicyclic) bond motifs is 1. The molecule has 152 valence electrons. The van der Waals surface area contributed by atoms with Crippen molar-refractivity contribution in [1.29, 1.82) is 0 Å². The molecule has 1 aliphatic carbocycles. The first-order valence-corrected chi connectivity index (χ1v) is 10.1. The number of carbonyl (C=O) groups excluding carboxylic acids is 3. The molecule has 2 aromatic rings. The second-order valence-electron chi connectivity index (χ2n) is 7.76. The van der Waals surface area contributed by atoms with Crippen LogP contribution in [0.4, 0.5) is 11.4 Å². The fraction of sp³-hybridized carbons (Fsp3) is 0.240. The Morgan fingerprint density at radius 1 is 1.13 bits per heavy atom. The molecule has 4 rings (SSSR count). The van der Waals surface area contributed by atoms with E-state index in [0.717, 1.165) is 5.69 Å². The summed E-state index contributed by atoms with van der Waals surface area (Å²) in [5.41, 5.74) is 1.62. The van der Waals surface area contributed by atoms with E-state index in [2.05, 4.69) is 6.58 Å². The molecular formula is C25H24N2O3. The Bertz CT molecular complexity index is 1030. The van der Waals surface area contributed by atoms with Crippen LogP contribution in [0.1, 0.15) is 23.7 Å². The van der Waals surface area contributed by atoms with E-state index in [1.807, 2.05) is 49.4 Å². The van der Waals surface area contributed by atoms with Gasteiger partial charge in [-0.15, -0.1) is 6.58 Å². The fourth-order valence-electron chi connectivity index (χ4n) is 4.38. The summed E-state index contributed by atoms with van der Waals surface area (Å²) < 4.78 is 0. The van der Waals surface area contributed by atoms with E-state index in [4.69, 9.17) is 0 Å². The molecule has 2 aliphatic rings. The van der Waals surface area contributed by atoms with E-state index >= 15 is 0 Å². The van der Waals surface area contributed by atoms with Gasteiger partial charge in [0.15, 0.2) is 0 Å². The zero-order valence-corrected chi connectivity index (χ0v) is 16.9. The van der Waals surface area contributed by atoms with E-state index in [0.29, 0.717) is 24.2 Å². The van der Waals surface area contributed by atoms with Crippen LogP contribution in [0.15, 0.2) is 79.4 Å². The maximum absolute atomic E-state index is 13.2. The molecular weight excluding hydrogens is 376 g/mol. The highest BCUT2D eigenvalue weighted by Gasteiger charge is 2.50. The van der Waals surface area contributed by atoms with Crippen molar-refractivity contribution in [3.63, 3.8) is 0 Å². The van der Waals surface area contributed by atoms with Gasteiger partial charge in [0.1, 0.15) is 0 Å². The predicted molar refractivity (Wildman–Crippen MR) is 117 cm³/mol. The largest absolute Gasteiger partial charge is 0.305 e. The van der Waals surface area contributed by atoms with Crippen molar-refractivity contribution in [2.75, 3.05) is 16.3 Å². The van der Waals surface area contributed by atoms with Crippen LogP contribution in [-0.2, 0) is 9.59 Å². The third kappa shape index (κ3) is 3.36. The van der Waals surface area contributed by atoms with E-state index in [9.17, 15) is 14.4 Å². The highest BCUT2D eigenvalue weighted by Crippen LogP contribution is 2.40. The summed E-state index contributed by atoms with van der Waals surface area (Å²) in [6, 6.07) is 16.1. The maximum atomic E-state index is 13.2. The molecule has 2 aromatic carbocycles. The Labute approximate surface area is 176 Å². The Kier molecular flexibility index (Phi) is 5.36. The van der Waals surface area contributed by atoms with Crippen LogP contribution < -0.4 is 9.80 Å². The molecule has 0 unspecified atom stereocenters. The Morgan fingerprint density at radius 3 is 2.60 bits per heavy atom. The van der Waals surface area contributed by atoms with Gasteiger partial charge in [-0.3, -0.25) is 19.3 Å². The predicted octanol–water partition coefficient (Wildman–Crippen LogP) is 4.22. The zero-order valence-electron chi connectivity index (χ0n) is 16.9. The fourth-order valence-corrected chi connectivity index (χ4v) is 4.38. The number of carbonyl (C=O) groups is 3. The lowest BCUT2D eigenvalue weighted by Crippen LogP contribution is -2.33. The Morgan fingerprint density at radius 2 is 1.90 bits per heavy atom. The zero-order chi connectivity index (χ0) is 21.3. The third-order valence-electron chi connectivity index (χ3n) is 5.85. The van der Waals surface area contributed by atoms with Gasteiger partial charge in [0.25, 0.3) is 5.91 Å². The van der Waals surface area contributed by atoms with Gasteiger partial charge in [-0.25, -0.2) is 0 Å². The summed E-state index contributed by atoms with van der Waals surface area (Å²) in [6.45, 7) is 6.07. The summed E-state index contributed by atoms with van der Waals surface area (Å²) in [5, 5.41) is 0. The van der Waals surface area contributed by atoms with Gasteiger partial charge in [-0.2, -0.15) is 0 Å². The first-order valence-electron chi connectivity index (χ1n) is 10.1. The van der Waals surface area contributed by atoms with Crippen LogP contribution in [0, 0.1) is 17.8 Å². The molecule has 1 saturated heterocycles. The van der Waals surface area contributed by atoms with Crippen molar-refractivity contribution in [1.82, 2.24) is 0 Å². The van der Waals surface area contributed by atoms with Gasteiger partial charge in [0.05, 0.1) is 17.5 Å². The molecule has 0 N–H and O–H groups in total. The number of allylic oxidation sites excluding steroid dienone is 2. The van der Waals surface area contributed by atoms with Gasteiger partial charge < -0.3 is 4.90 Å². The highest BCUT2D eigenvalue weighted by atomic mass is 16.2. The summed E-state index contributed by atoms with van der Waals surface area (Å²) >= 11 is 0. The van der Waals surface area contributed by atoms with Crippen LogP contribution in [-0.4, -0.2) is 24.3 Å². The smallest absolute Gasteiger partial charge is 0.258 e. The molecule has 3 atom stereocenters. The molecule has 1 fully saturated rings. The van der Waals surface area contributed by atoms with Gasteiger partial charge in [-0.05, 0) is 42.7 Å². The highest BCUT2D eigenvalue weighted by molar-refractivity contribution is 6.22. The lowest BCUT2D eigenvalue weighted by molar-refractivity contribution is -0.122. The van der Waals surface area contributed by atoms with Gasteiger partial charge in [0, 0.05) is 17.8 Å². The SMILES string of the molecule is C=CCN(C(=O)c1cccc(N2C(=O)[C@H]3[C@H](C)C=CC[C@H]3C2=O)c1)c1ccccc1. The summed E-state index contributed by atoms with van der Waals surface area (Å²) in [4.78, 5) is 42.2. The quantitative estimate of drug-likeness (QED) is 0.558. The van der Waals surface area contributed by atoms with Gasteiger partial charge in [-0.1, -0.05) is 49.4 Å². The summed E-state index contributed by atoms with van der Waals surface area (Å²) in [5.74, 6) is -1.21. The van der Waals surface area contributed by atoms with Crippen LogP contribution in [0.2, 0.25) is 0 Å². The van der Waals surface area contributed by atoms with Crippen molar-refractivity contribution >= 4 is 29.1 Å². The number of hydrogen-bond donors (Lipinski definition) is 0. The van der Waals surface area contributed by atoms with E-state index < -0.39 is 0 Å². The topological polar surface area (TPSA) is 57.7 Å². The number of anilines is 2. The number of hydrogen-bond acceptors (Lipinski definition) is 3. The normalized spacial score (nSPS) is 22.7. The van der Waals surface area contributed by atoms with Gasteiger partial charge in [0.2, 0.25) is 11.8 Å². The molecule has 5 nitrogen and oxygen atoms in total. The molecule has 0 saturated carbocycles. The second kappa shape index (κ2) is 8.11. The minimum atomic E-state index is -0.330. The lowest BCUT2D eigenvalue weighted by Gasteiger charge is -2.23. The molecule has 0 radical (unpaired) electrons. The standard InChI is InChI=1S/C25H24N2O3/c1-3-15-26(19-11-5-4-6-12-19)23(28)18-10-8-13-20(16-18)27-24(29)21-14-7-9-17(2)22(21)25(27)30/h3-13,16-17,21-22H,1,14-15H2,2H3/t17-,21-,22+/m1/s1. The Hall–Kier alpha value is -3.47. The van der Waals surface area contributed by atoms with E-state index in [1.165, 1.54) is 4.90 Å². The lowest BCUT2D eigenvalue weighted by atomic mass is 9.78. The van der Waals surface area contributed by atoms with E-state index in [1.54, 1.807) is 35.2 Å². The molecule has 30 heavy (non-hydrogen) atoms. The van der Waals surface area contributed by atoms with Crippen molar-refractivity contribution < 1.29 is 14.4 Å². The van der Waals surface area contributed by atoms with Crippen molar-refractivity contribution in [3.8, 4) is 0 Å². The number of nitrogens with zero attached hydrogens (tertiary/aromatic N) is 2. The maximum Gasteiger partial charge on any atom is 0.258 e. The number of rotatable bonds is 5. The molecule has 1 heterocycles. The molecule has 5 heteroatoms. The molecule has 3 amide bonds. The average molecular weight is 400 g/mol. The minimum absolute atomic E-state index is 0.0242. The minimum Gasteiger partial charge on any atom is -0.305 e. The van der Waals surface area contributed by atoms with Crippen LogP contribution in [0.5, 0.6) is 0 Å². The molecule has 0 spiro atoms. The van der Waals surface area contributed by atoms with Crippen molar-refractivity contribution in [2.24, 2.45) is 17.8 Å². The summed E-state index contributed by atoms with van der Waals surface area (Å²) in [6.07, 6.45) is 6.23. The number of imide groups is 1. The monoisotopic (exact) mass is 400 g/mol. The second-order valence-corrected chi connectivity index (χ2v) is 7.76. The molecule has 0 bridgehead atoms. The van der Waals surface area contributed by atoms with Crippen LogP contribution in [0.3, 0.4) is 0 Å². The summed E-state index contributed by atoms with van der Waals surface area (Å²) in [7, 11) is 0. The van der Waals surface area contributed by atoms with E-state index in [-0.39, 0.29) is 35.5 Å². The average Bonchev–Trinajstić information content (AvgIpc) is 3.03. The first kappa shape index (κ1) is 19.8. The third-order valence-corrected chi connectivity index (χ3v) is 5.85. The molecule has 1 aliphatic heterocycles. The van der Waals surface area contributed by atoms with Crippen LogP contribution >= 0.6 is 0 Å².